The van der Waals surface area contributed by atoms with Crippen LogP contribution in [0.25, 0.3) is 5.76 Å². The molecule has 4 heteroatoms. The summed E-state index contributed by atoms with van der Waals surface area (Å²) in [5, 5.41) is 1.92. The number of ether oxygens (including phenoxy) is 2. The molecule has 0 saturated carbocycles. The van der Waals surface area contributed by atoms with Crippen LogP contribution in [-0.2, 0) is 9.47 Å². The molecule has 0 N–H and O–H groups in total. The van der Waals surface area contributed by atoms with Crippen LogP contribution in [0.5, 0.6) is 0 Å². The topological polar surface area (TPSA) is 18.5 Å². The highest BCUT2D eigenvalue weighted by Crippen LogP contribution is 2.31. The summed E-state index contributed by atoms with van der Waals surface area (Å²) in [6.45, 7) is 0.293. The lowest BCUT2D eigenvalue weighted by molar-refractivity contribution is 0.100. The van der Waals surface area contributed by atoms with Crippen molar-refractivity contribution in [2.45, 2.75) is 0 Å². The summed E-state index contributed by atoms with van der Waals surface area (Å²) in [6, 6.07) is 1.91. The Labute approximate surface area is 73.0 Å². The predicted molar refractivity (Wildman–Crippen MR) is 44.3 cm³/mol. The zero-order chi connectivity index (χ0) is 7.68. The van der Waals surface area contributed by atoms with Crippen molar-refractivity contribution in [3.05, 3.63) is 27.6 Å². The van der Waals surface area contributed by atoms with Crippen molar-refractivity contribution in [1.29, 1.82) is 0 Å². The molecule has 2 heterocycles. The van der Waals surface area contributed by atoms with E-state index in [2.05, 4.69) is 0 Å². The number of hydrogen-bond donors (Lipinski definition) is 0. The number of halogens is 1. The third-order valence-electron chi connectivity index (χ3n) is 1.36. The Bertz CT molecular complexity index is 292. The van der Waals surface area contributed by atoms with Crippen molar-refractivity contribution in [3.8, 4) is 0 Å². The SMILES string of the molecule is Clc1sccc1C1=COCO1. The van der Waals surface area contributed by atoms with Gasteiger partial charge in [-0.05, 0) is 11.4 Å². The lowest BCUT2D eigenvalue weighted by atomic mass is 10.3. The minimum Gasteiger partial charge on any atom is -0.461 e. The third kappa shape index (κ3) is 1.21. The zero-order valence-corrected chi connectivity index (χ0v) is 7.11. The molecule has 0 amide bonds. The summed E-state index contributed by atoms with van der Waals surface area (Å²) < 4.78 is 10.8. The standard InChI is InChI=1S/C7H5ClO2S/c8-7-5(1-2-11-7)6-3-9-4-10-6/h1-3H,4H2. The van der Waals surface area contributed by atoms with E-state index < -0.39 is 0 Å². The maximum atomic E-state index is 5.86. The Morgan fingerprint density at radius 1 is 1.55 bits per heavy atom. The molecule has 1 aliphatic heterocycles. The van der Waals surface area contributed by atoms with Crippen molar-refractivity contribution in [2.75, 3.05) is 6.79 Å². The molecule has 0 atom stereocenters. The number of thiophene rings is 1. The summed E-state index contributed by atoms with van der Waals surface area (Å²) in [4.78, 5) is 0. The second-order valence-corrected chi connectivity index (χ2v) is 3.54. The highest BCUT2D eigenvalue weighted by molar-refractivity contribution is 7.14. The molecule has 0 spiro atoms. The molecule has 11 heavy (non-hydrogen) atoms. The Kier molecular flexibility index (Phi) is 1.75. The van der Waals surface area contributed by atoms with Crippen LogP contribution in [0, 0.1) is 0 Å². The molecule has 0 saturated heterocycles. The van der Waals surface area contributed by atoms with Crippen LogP contribution in [0.3, 0.4) is 0 Å². The molecule has 0 fully saturated rings. The van der Waals surface area contributed by atoms with Gasteiger partial charge in [0.1, 0.15) is 10.6 Å². The lowest BCUT2D eigenvalue weighted by Crippen LogP contribution is -1.83. The van der Waals surface area contributed by atoms with Crippen LogP contribution in [0.4, 0.5) is 0 Å². The molecule has 0 radical (unpaired) electrons. The molecule has 1 aromatic rings. The molecule has 0 bridgehead atoms. The first-order valence-corrected chi connectivity index (χ1v) is 4.31. The summed E-state index contributed by atoms with van der Waals surface area (Å²) in [7, 11) is 0. The first-order chi connectivity index (χ1) is 5.38. The highest BCUT2D eigenvalue weighted by atomic mass is 35.5. The van der Waals surface area contributed by atoms with E-state index in [-0.39, 0.29) is 0 Å². The van der Waals surface area contributed by atoms with Crippen LogP contribution in [0.15, 0.2) is 17.7 Å². The molecule has 0 aromatic carbocycles. The summed E-state index contributed by atoms with van der Waals surface area (Å²) in [6.07, 6.45) is 1.58. The first kappa shape index (κ1) is 7.00. The van der Waals surface area contributed by atoms with Gasteiger partial charge in [0.05, 0.1) is 0 Å². The van der Waals surface area contributed by atoms with Crippen molar-refractivity contribution < 1.29 is 9.47 Å². The van der Waals surface area contributed by atoms with Gasteiger partial charge in [-0.1, -0.05) is 11.6 Å². The quantitative estimate of drug-likeness (QED) is 0.675. The first-order valence-electron chi connectivity index (χ1n) is 3.06. The minimum absolute atomic E-state index is 0.293. The van der Waals surface area contributed by atoms with Gasteiger partial charge in [-0.25, -0.2) is 0 Å². The lowest BCUT2D eigenvalue weighted by Gasteiger charge is -1.96. The van der Waals surface area contributed by atoms with Crippen LogP contribution in [-0.4, -0.2) is 6.79 Å². The van der Waals surface area contributed by atoms with E-state index in [0.29, 0.717) is 6.79 Å². The van der Waals surface area contributed by atoms with Crippen molar-refractivity contribution >= 4 is 28.7 Å². The summed E-state index contributed by atoms with van der Waals surface area (Å²) >= 11 is 7.34. The fraction of sp³-hybridized carbons (Fsp3) is 0.143. The number of rotatable bonds is 1. The van der Waals surface area contributed by atoms with Gasteiger partial charge in [-0.3, -0.25) is 0 Å². The summed E-state index contributed by atoms with van der Waals surface area (Å²) in [5.41, 5.74) is 0.911. The predicted octanol–water partition coefficient (Wildman–Crippen LogP) is 2.70. The van der Waals surface area contributed by atoms with E-state index in [1.165, 1.54) is 11.3 Å². The van der Waals surface area contributed by atoms with Gasteiger partial charge < -0.3 is 9.47 Å². The van der Waals surface area contributed by atoms with Crippen LogP contribution < -0.4 is 0 Å². The second kappa shape index (κ2) is 2.75. The monoisotopic (exact) mass is 188 g/mol. The van der Waals surface area contributed by atoms with Gasteiger partial charge in [0.2, 0.25) is 6.79 Å². The highest BCUT2D eigenvalue weighted by Gasteiger charge is 2.13. The smallest absolute Gasteiger partial charge is 0.230 e. The molecule has 58 valence electrons. The maximum absolute atomic E-state index is 5.86. The van der Waals surface area contributed by atoms with Gasteiger partial charge in [0.25, 0.3) is 0 Å². The molecule has 1 aromatic heterocycles. The average molecular weight is 189 g/mol. The van der Waals surface area contributed by atoms with Crippen LogP contribution >= 0.6 is 22.9 Å². The average Bonchev–Trinajstić information content (AvgIpc) is 2.55. The Morgan fingerprint density at radius 3 is 3.00 bits per heavy atom. The molecule has 2 nitrogen and oxygen atoms in total. The van der Waals surface area contributed by atoms with E-state index in [9.17, 15) is 0 Å². The van der Waals surface area contributed by atoms with Gasteiger partial charge in [-0.2, -0.15) is 0 Å². The molecular weight excluding hydrogens is 184 g/mol. The van der Waals surface area contributed by atoms with Crippen molar-refractivity contribution in [2.24, 2.45) is 0 Å². The van der Waals surface area contributed by atoms with E-state index in [4.69, 9.17) is 21.1 Å². The minimum atomic E-state index is 0.293. The van der Waals surface area contributed by atoms with Crippen LogP contribution in [0.1, 0.15) is 5.56 Å². The van der Waals surface area contributed by atoms with E-state index in [1.807, 2.05) is 11.4 Å². The summed E-state index contributed by atoms with van der Waals surface area (Å²) in [5.74, 6) is 0.719. The largest absolute Gasteiger partial charge is 0.461 e. The van der Waals surface area contributed by atoms with Crippen molar-refractivity contribution in [1.82, 2.24) is 0 Å². The molecule has 1 aliphatic rings. The van der Waals surface area contributed by atoms with Gasteiger partial charge in [0.15, 0.2) is 5.76 Å². The molecular formula is C7H5ClO2S. The zero-order valence-electron chi connectivity index (χ0n) is 5.54. The van der Waals surface area contributed by atoms with Crippen LogP contribution in [0.2, 0.25) is 4.34 Å². The Morgan fingerprint density at radius 2 is 2.45 bits per heavy atom. The third-order valence-corrected chi connectivity index (χ3v) is 2.53. The Balaban J connectivity index is 2.35. The Hall–Kier alpha value is -0.670. The fourth-order valence-corrected chi connectivity index (χ4v) is 1.78. The fourth-order valence-electron chi connectivity index (χ4n) is 0.852. The van der Waals surface area contributed by atoms with Crippen molar-refractivity contribution in [3.63, 3.8) is 0 Å². The molecule has 0 unspecified atom stereocenters. The molecule has 0 aliphatic carbocycles. The van der Waals surface area contributed by atoms with E-state index in [0.717, 1.165) is 15.7 Å². The maximum Gasteiger partial charge on any atom is 0.230 e. The van der Waals surface area contributed by atoms with Gasteiger partial charge in [0, 0.05) is 5.56 Å². The van der Waals surface area contributed by atoms with Gasteiger partial charge >= 0.3 is 0 Å². The number of hydrogen-bond acceptors (Lipinski definition) is 3. The van der Waals surface area contributed by atoms with E-state index >= 15 is 0 Å². The normalized spacial score (nSPS) is 15.5. The molecule has 2 rings (SSSR count). The van der Waals surface area contributed by atoms with Gasteiger partial charge in [-0.15, -0.1) is 11.3 Å². The second-order valence-electron chi connectivity index (χ2n) is 2.02. The van der Waals surface area contributed by atoms with E-state index in [1.54, 1.807) is 6.26 Å².